The highest BCUT2D eigenvalue weighted by atomic mass is 31.1. The van der Waals surface area contributed by atoms with Crippen molar-refractivity contribution in [3.05, 3.63) is 85.2 Å². The normalized spacial score (nSPS) is 12.0. The van der Waals surface area contributed by atoms with Crippen LogP contribution in [-0.4, -0.2) is 9.97 Å². The van der Waals surface area contributed by atoms with Crippen molar-refractivity contribution in [2.75, 3.05) is 5.32 Å². The Bertz CT molecular complexity index is 932. The minimum atomic E-state index is 0.566. The molecule has 1 N–H and O–H groups in total. The van der Waals surface area contributed by atoms with Crippen LogP contribution in [0.5, 0.6) is 0 Å². The molecule has 0 fully saturated rings. The molecule has 0 spiro atoms. The van der Waals surface area contributed by atoms with Gasteiger partial charge < -0.3 is 5.32 Å². The molecule has 0 bridgehead atoms. The third kappa shape index (κ3) is 2.58. The zero-order valence-electron chi connectivity index (χ0n) is 14.0. The summed E-state index contributed by atoms with van der Waals surface area (Å²) in [5.41, 5.74) is 4.64. The third-order valence-electron chi connectivity index (χ3n) is 4.56. The summed E-state index contributed by atoms with van der Waals surface area (Å²) in [4.78, 5) is 9.20. The summed E-state index contributed by atoms with van der Waals surface area (Å²) in [7, 11) is 0.566. The Labute approximate surface area is 154 Å². The molecule has 1 aliphatic rings. The molecule has 0 unspecified atom stereocenters. The first-order valence-corrected chi connectivity index (χ1v) is 9.53. The molecule has 0 amide bonds. The van der Waals surface area contributed by atoms with Crippen LogP contribution in [0.25, 0.3) is 22.3 Å². The van der Waals surface area contributed by atoms with Crippen LogP contribution in [0.15, 0.2) is 85.2 Å². The van der Waals surface area contributed by atoms with Crippen molar-refractivity contribution in [1.29, 1.82) is 0 Å². The summed E-state index contributed by atoms with van der Waals surface area (Å²) >= 11 is 0. The standard InChI is InChI=1S/C22H16N3P/c1-3-11-19-15(7-1)17-9-5-13-23-21(17)25-22-18(10-6-14-24-22)16-8-2-4-12-20(16)26-19/h1-14,26H,(H,23,24,25). The molecule has 3 heterocycles. The van der Waals surface area contributed by atoms with Gasteiger partial charge in [-0.05, 0) is 46.0 Å². The first-order chi connectivity index (χ1) is 12.9. The number of hydrogen-bond donors (Lipinski definition) is 1. The number of pyridine rings is 2. The molecule has 0 atom stereocenters. The summed E-state index contributed by atoms with van der Waals surface area (Å²) in [6.07, 6.45) is 3.64. The highest BCUT2D eigenvalue weighted by molar-refractivity contribution is 7.56. The molecular weight excluding hydrogens is 337 g/mol. The van der Waals surface area contributed by atoms with Crippen molar-refractivity contribution in [1.82, 2.24) is 9.97 Å². The Morgan fingerprint density at radius 2 is 1.00 bits per heavy atom. The lowest BCUT2D eigenvalue weighted by molar-refractivity contribution is 1.25. The largest absolute Gasteiger partial charge is 0.324 e. The summed E-state index contributed by atoms with van der Waals surface area (Å²) in [6, 6.07) is 25.4. The minimum absolute atomic E-state index is 0.566. The second-order valence-corrected chi connectivity index (χ2v) is 7.47. The second-order valence-electron chi connectivity index (χ2n) is 6.14. The first-order valence-electron chi connectivity index (χ1n) is 8.53. The molecule has 2 aromatic carbocycles. The van der Waals surface area contributed by atoms with Crippen LogP contribution >= 0.6 is 8.58 Å². The fraction of sp³-hybridized carbons (Fsp3) is 0. The van der Waals surface area contributed by atoms with Crippen LogP contribution in [0.2, 0.25) is 0 Å². The van der Waals surface area contributed by atoms with Gasteiger partial charge in [0.1, 0.15) is 11.6 Å². The number of nitrogens with one attached hydrogen (secondary N) is 1. The lowest BCUT2D eigenvalue weighted by Gasteiger charge is -2.20. The molecule has 0 saturated heterocycles. The molecule has 5 rings (SSSR count). The highest BCUT2D eigenvalue weighted by Crippen LogP contribution is 2.36. The summed E-state index contributed by atoms with van der Waals surface area (Å²) < 4.78 is 0. The minimum Gasteiger partial charge on any atom is -0.324 e. The van der Waals surface area contributed by atoms with E-state index in [9.17, 15) is 0 Å². The molecule has 4 aromatic rings. The van der Waals surface area contributed by atoms with Crippen molar-refractivity contribution in [3.8, 4) is 22.3 Å². The van der Waals surface area contributed by atoms with E-state index in [-0.39, 0.29) is 0 Å². The predicted molar refractivity (Wildman–Crippen MR) is 110 cm³/mol. The van der Waals surface area contributed by atoms with Crippen molar-refractivity contribution in [2.24, 2.45) is 0 Å². The molecule has 2 aromatic heterocycles. The number of aromatic nitrogens is 2. The van der Waals surface area contributed by atoms with Gasteiger partial charge in [0.15, 0.2) is 0 Å². The quantitative estimate of drug-likeness (QED) is 0.417. The van der Waals surface area contributed by atoms with Crippen LogP contribution in [-0.2, 0) is 0 Å². The molecule has 26 heavy (non-hydrogen) atoms. The molecular formula is C22H16N3P. The molecule has 0 aliphatic carbocycles. The zero-order valence-corrected chi connectivity index (χ0v) is 15.0. The zero-order chi connectivity index (χ0) is 17.3. The Hall–Kier alpha value is -3.03. The van der Waals surface area contributed by atoms with Gasteiger partial charge >= 0.3 is 0 Å². The third-order valence-corrected chi connectivity index (χ3v) is 5.97. The van der Waals surface area contributed by atoms with E-state index in [1.807, 2.05) is 24.5 Å². The first kappa shape index (κ1) is 15.2. The highest BCUT2D eigenvalue weighted by Gasteiger charge is 2.18. The van der Waals surface area contributed by atoms with Crippen LogP contribution in [0, 0.1) is 0 Å². The molecule has 4 heteroatoms. The van der Waals surface area contributed by atoms with Gasteiger partial charge in [-0.25, -0.2) is 9.97 Å². The van der Waals surface area contributed by atoms with Crippen LogP contribution in [0.1, 0.15) is 0 Å². The van der Waals surface area contributed by atoms with E-state index in [2.05, 4.69) is 75.9 Å². The monoisotopic (exact) mass is 353 g/mol. The number of nitrogens with zero attached hydrogens (tertiary/aromatic N) is 2. The van der Waals surface area contributed by atoms with Gasteiger partial charge in [0.2, 0.25) is 0 Å². The second kappa shape index (κ2) is 6.36. The Morgan fingerprint density at radius 3 is 1.54 bits per heavy atom. The van der Waals surface area contributed by atoms with Crippen molar-refractivity contribution < 1.29 is 0 Å². The van der Waals surface area contributed by atoms with E-state index in [0.717, 1.165) is 22.8 Å². The van der Waals surface area contributed by atoms with Crippen LogP contribution in [0.3, 0.4) is 0 Å². The number of anilines is 2. The van der Waals surface area contributed by atoms with Gasteiger partial charge in [0, 0.05) is 23.5 Å². The Morgan fingerprint density at radius 1 is 0.538 bits per heavy atom. The molecule has 1 aliphatic heterocycles. The van der Waals surface area contributed by atoms with Gasteiger partial charge in [0.25, 0.3) is 0 Å². The lowest BCUT2D eigenvalue weighted by Crippen LogP contribution is -2.12. The fourth-order valence-electron chi connectivity index (χ4n) is 3.36. The Balaban J connectivity index is 1.84. The van der Waals surface area contributed by atoms with Gasteiger partial charge in [-0.3, -0.25) is 0 Å². The van der Waals surface area contributed by atoms with E-state index in [0.29, 0.717) is 8.58 Å². The number of benzene rings is 2. The van der Waals surface area contributed by atoms with Gasteiger partial charge in [0.05, 0.1) is 0 Å². The summed E-state index contributed by atoms with van der Waals surface area (Å²) in [5, 5.41) is 6.12. The van der Waals surface area contributed by atoms with Crippen LogP contribution in [0.4, 0.5) is 11.6 Å². The fourth-order valence-corrected chi connectivity index (χ4v) is 4.71. The number of fused-ring (bicyclic) bond motifs is 6. The average molecular weight is 353 g/mol. The topological polar surface area (TPSA) is 37.8 Å². The van der Waals surface area contributed by atoms with E-state index in [1.165, 1.54) is 21.7 Å². The predicted octanol–water partition coefficient (Wildman–Crippen LogP) is 4.50. The van der Waals surface area contributed by atoms with Crippen molar-refractivity contribution >= 4 is 30.8 Å². The maximum atomic E-state index is 4.60. The summed E-state index contributed by atoms with van der Waals surface area (Å²) in [5.74, 6) is 1.67. The Kier molecular flexibility index (Phi) is 3.73. The number of rotatable bonds is 0. The smallest absolute Gasteiger partial charge is 0.139 e. The van der Waals surface area contributed by atoms with Crippen molar-refractivity contribution in [2.45, 2.75) is 0 Å². The molecule has 0 saturated carbocycles. The summed E-state index contributed by atoms with van der Waals surface area (Å²) in [6.45, 7) is 0. The van der Waals surface area contributed by atoms with Gasteiger partial charge in [-0.15, -0.1) is 0 Å². The SMILES string of the molecule is c1ccc2c(c1)Pc1ccccc1-c1cccnc1Nc1ncccc1-2. The van der Waals surface area contributed by atoms with E-state index in [1.54, 1.807) is 0 Å². The number of hydrogen-bond acceptors (Lipinski definition) is 3. The van der Waals surface area contributed by atoms with E-state index in [4.69, 9.17) is 0 Å². The van der Waals surface area contributed by atoms with Gasteiger partial charge in [-0.2, -0.15) is 0 Å². The maximum Gasteiger partial charge on any atom is 0.139 e. The lowest BCUT2D eigenvalue weighted by atomic mass is 10.0. The van der Waals surface area contributed by atoms with Gasteiger partial charge in [-0.1, -0.05) is 57.1 Å². The van der Waals surface area contributed by atoms with E-state index < -0.39 is 0 Å². The molecule has 0 radical (unpaired) electrons. The van der Waals surface area contributed by atoms with Crippen molar-refractivity contribution in [3.63, 3.8) is 0 Å². The molecule has 124 valence electrons. The average Bonchev–Trinajstić information content (AvgIpc) is 2.70. The maximum absolute atomic E-state index is 4.60. The van der Waals surface area contributed by atoms with Crippen LogP contribution < -0.4 is 15.9 Å². The molecule has 3 nitrogen and oxygen atoms in total. The van der Waals surface area contributed by atoms with E-state index >= 15 is 0 Å².